The van der Waals surface area contributed by atoms with Crippen LogP contribution in [-0.2, 0) is 4.74 Å². The number of carbonyl (C=O) groups is 1. The van der Waals surface area contributed by atoms with E-state index in [-0.39, 0.29) is 30.2 Å². The molecule has 0 aromatic carbocycles. The molecule has 0 radical (unpaired) electrons. The minimum absolute atomic E-state index is 0.0331. The van der Waals surface area contributed by atoms with E-state index in [1.807, 2.05) is 20.8 Å². The van der Waals surface area contributed by atoms with Crippen molar-refractivity contribution >= 4 is 6.09 Å². The van der Waals surface area contributed by atoms with Gasteiger partial charge in [-0.1, -0.05) is 6.92 Å². The van der Waals surface area contributed by atoms with Gasteiger partial charge in [-0.15, -0.1) is 0 Å². The summed E-state index contributed by atoms with van der Waals surface area (Å²) in [6.07, 6.45) is 1.66. The summed E-state index contributed by atoms with van der Waals surface area (Å²) in [5, 5.41) is 9.29. The lowest BCUT2D eigenvalue weighted by molar-refractivity contribution is 0.0126. The van der Waals surface area contributed by atoms with Crippen LogP contribution in [0.2, 0.25) is 0 Å². The number of likely N-dealkylation sites (tertiary alicyclic amines) is 1. The summed E-state index contributed by atoms with van der Waals surface area (Å²) in [6, 6.07) is 0.220. The topological polar surface area (TPSA) is 49.8 Å². The number of piperidine rings is 1. The van der Waals surface area contributed by atoms with Gasteiger partial charge >= 0.3 is 6.09 Å². The first-order valence-electron chi connectivity index (χ1n) is 5.89. The van der Waals surface area contributed by atoms with E-state index in [1.165, 1.54) is 0 Å². The molecule has 4 nitrogen and oxygen atoms in total. The van der Waals surface area contributed by atoms with Crippen molar-refractivity contribution in [3.05, 3.63) is 0 Å². The third kappa shape index (κ3) is 1.90. The van der Waals surface area contributed by atoms with Crippen LogP contribution in [0.1, 0.15) is 40.5 Å². The van der Waals surface area contributed by atoms with E-state index in [1.54, 1.807) is 4.90 Å². The highest BCUT2D eigenvalue weighted by Crippen LogP contribution is 2.59. The molecule has 2 fully saturated rings. The molecule has 92 valence electrons. The van der Waals surface area contributed by atoms with E-state index < -0.39 is 5.60 Å². The zero-order chi connectivity index (χ0) is 12.1. The number of fused-ring (bicyclic) bond motifs is 1. The molecule has 4 heteroatoms. The summed E-state index contributed by atoms with van der Waals surface area (Å²) in [6.45, 7) is 7.79. The van der Waals surface area contributed by atoms with Crippen LogP contribution in [0.25, 0.3) is 0 Å². The predicted octanol–water partition coefficient (Wildman–Crippen LogP) is 1.77. The largest absolute Gasteiger partial charge is 0.444 e. The second-order valence-corrected chi connectivity index (χ2v) is 6.30. The maximum Gasteiger partial charge on any atom is 0.410 e. The monoisotopic (exact) mass is 227 g/mol. The number of ether oxygens (including phenoxy) is 1. The van der Waals surface area contributed by atoms with Gasteiger partial charge in [0.1, 0.15) is 5.60 Å². The lowest BCUT2D eigenvalue weighted by Crippen LogP contribution is -2.43. The molecule has 0 spiro atoms. The molecule has 0 aromatic rings. The Bertz CT molecular complexity index is 310. The summed E-state index contributed by atoms with van der Waals surface area (Å²) in [5.41, 5.74) is -0.241. The normalized spacial score (nSPS) is 37.2. The van der Waals surface area contributed by atoms with Gasteiger partial charge in [0.15, 0.2) is 0 Å². The lowest BCUT2D eigenvalue weighted by atomic mass is 10.0. The predicted molar refractivity (Wildman–Crippen MR) is 60.1 cm³/mol. The average molecular weight is 227 g/mol. The lowest BCUT2D eigenvalue weighted by Gasteiger charge is -2.29. The van der Waals surface area contributed by atoms with Gasteiger partial charge in [0.25, 0.3) is 0 Å². The van der Waals surface area contributed by atoms with Gasteiger partial charge in [0.2, 0.25) is 0 Å². The zero-order valence-corrected chi connectivity index (χ0v) is 10.5. The van der Waals surface area contributed by atoms with E-state index in [9.17, 15) is 9.90 Å². The Kier molecular flexibility index (Phi) is 2.46. The standard InChI is InChI=1S/C12H21NO3/c1-11(2,3)16-10(15)13-8(7-14)5-12(4)6-9(12)13/h8-9,14H,5-7H2,1-4H3/t8?,9?,12-/m0/s1. The van der Waals surface area contributed by atoms with Crippen molar-refractivity contribution in [2.24, 2.45) is 5.41 Å². The van der Waals surface area contributed by atoms with Crippen molar-refractivity contribution in [3.8, 4) is 0 Å². The fourth-order valence-corrected chi connectivity index (χ4v) is 2.67. The molecule has 1 saturated carbocycles. The number of rotatable bonds is 1. The summed E-state index contributed by atoms with van der Waals surface area (Å²) in [7, 11) is 0. The van der Waals surface area contributed by atoms with E-state index in [2.05, 4.69) is 6.92 Å². The zero-order valence-electron chi connectivity index (χ0n) is 10.5. The Hall–Kier alpha value is -0.770. The van der Waals surface area contributed by atoms with E-state index in [4.69, 9.17) is 4.74 Å². The number of hydrogen-bond donors (Lipinski definition) is 1. The van der Waals surface area contributed by atoms with Gasteiger partial charge in [0.05, 0.1) is 12.6 Å². The maximum absolute atomic E-state index is 12.0. The second-order valence-electron chi connectivity index (χ2n) is 6.30. The minimum Gasteiger partial charge on any atom is -0.444 e. The third-order valence-corrected chi connectivity index (χ3v) is 3.55. The Morgan fingerprint density at radius 1 is 1.50 bits per heavy atom. The molecule has 2 aliphatic rings. The molecule has 1 saturated heterocycles. The quantitative estimate of drug-likeness (QED) is 0.742. The Morgan fingerprint density at radius 2 is 2.12 bits per heavy atom. The smallest absolute Gasteiger partial charge is 0.410 e. The number of aliphatic hydroxyl groups is 1. The van der Waals surface area contributed by atoms with Crippen molar-refractivity contribution in [2.45, 2.75) is 58.2 Å². The fraction of sp³-hybridized carbons (Fsp3) is 0.917. The molecule has 1 N–H and O–H groups in total. The molecule has 16 heavy (non-hydrogen) atoms. The molecule has 0 aromatic heterocycles. The SMILES string of the molecule is CC(C)(C)OC(=O)N1C(CO)C[C@@]2(C)CC12. The first kappa shape index (κ1) is 11.7. The molecule has 1 amide bonds. The fourth-order valence-electron chi connectivity index (χ4n) is 2.67. The molecule has 1 heterocycles. The molecule has 2 rings (SSSR count). The molecule has 1 aliphatic carbocycles. The first-order chi connectivity index (χ1) is 7.27. The Labute approximate surface area is 96.6 Å². The number of aliphatic hydroxyl groups excluding tert-OH is 1. The van der Waals surface area contributed by atoms with Gasteiger partial charge in [-0.05, 0) is 39.0 Å². The summed E-state index contributed by atoms with van der Waals surface area (Å²) < 4.78 is 5.37. The van der Waals surface area contributed by atoms with Crippen molar-refractivity contribution in [1.29, 1.82) is 0 Å². The summed E-state index contributed by atoms with van der Waals surface area (Å²) >= 11 is 0. The molecular weight excluding hydrogens is 206 g/mol. The molecular formula is C12H21NO3. The number of nitrogens with zero attached hydrogens (tertiary/aromatic N) is 1. The molecule has 1 aliphatic heterocycles. The highest BCUT2D eigenvalue weighted by Gasteiger charge is 2.63. The van der Waals surface area contributed by atoms with Crippen molar-refractivity contribution in [1.82, 2.24) is 4.90 Å². The molecule has 0 bridgehead atoms. The number of amides is 1. The highest BCUT2D eigenvalue weighted by molar-refractivity contribution is 5.70. The van der Waals surface area contributed by atoms with E-state index in [0.717, 1.165) is 12.8 Å². The van der Waals surface area contributed by atoms with Crippen LogP contribution in [0.5, 0.6) is 0 Å². The van der Waals surface area contributed by atoms with Crippen LogP contribution in [0, 0.1) is 5.41 Å². The highest BCUT2D eigenvalue weighted by atomic mass is 16.6. The number of hydrogen-bond acceptors (Lipinski definition) is 3. The van der Waals surface area contributed by atoms with E-state index in [0.29, 0.717) is 0 Å². The van der Waals surface area contributed by atoms with Gasteiger partial charge < -0.3 is 9.84 Å². The van der Waals surface area contributed by atoms with Crippen LogP contribution >= 0.6 is 0 Å². The van der Waals surface area contributed by atoms with Crippen molar-refractivity contribution < 1.29 is 14.6 Å². The van der Waals surface area contributed by atoms with Crippen LogP contribution in [0.4, 0.5) is 4.79 Å². The minimum atomic E-state index is -0.467. The van der Waals surface area contributed by atoms with Gasteiger partial charge in [-0.2, -0.15) is 0 Å². The summed E-state index contributed by atoms with van der Waals surface area (Å²) in [4.78, 5) is 13.7. The van der Waals surface area contributed by atoms with Gasteiger partial charge in [-0.3, -0.25) is 4.90 Å². The second kappa shape index (κ2) is 3.36. The number of carbonyl (C=O) groups excluding carboxylic acids is 1. The Balaban J connectivity index is 2.06. The van der Waals surface area contributed by atoms with Crippen LogP contribution < -0.4 is 0 Å². The van der Waals surface area contributed by atoms with Crippen LogP contribution in [0.15, 0.2) is 0 Å². The van der Waals surface area contributed by atoms with Crippen LogP contribution in [-0.4, -0.2) is 40.4 Å². The molecule has 2 unspecified atom stereocenters. The maximum atomic E-state index is 12.0. The summed E-state index contributed by atoms with van der Waals surface area (Å²) in [5.74, 6) is 0. The average Bonchev–Trinajstić information content (AvgIpc) is 2.65. The Morgan fingerprint density at radius 3 is 2.62 bits per heavy atom. The van der Waals surface area contributed by atoms with Crippen molar-refractivity contribution in [3.63, 3.8) is 0 Å². The van der Waals surface area contributed by atoms with Crippen molar-refractivity contribution in [2.75, 3.05) is 6.61 Å². The molecule has 3 atom stereocenters. The van der Waals surface area contributed by atoms with Gasteiger partial charge in [0, 0.05) is 6.04 Å². The van der Waals surface area contributed by atoms with Crippen LogP contribution in [0.3, 0.4) is 0 Å². The van der Waals surface area contributed by atoms with E-state index >= 15 is 0 Å². The first-order valence-corrected chi connectivity index (χ1v) is 5.89. The van der Waals surface area contributed by atoms with Gasteiger partial charge in [-0.25, -0.2) is 4.79 Å². The third-order valence-electron chi connectivity index (χ3n) is 3.55.